The summed E-state index contributed by atoms with van der Waals surface area (Å²) in [7, 11) is 0. The van der Waals surface area contributed by atoms with Gasteiger partial charge in [-0.25, -0.2) is 13.2 Å². The van der Waals surface area contributed by atoms with Gasteiger partial charge in [-0.3, -0.25) is 24.5 Å². The number of alkyl halides is 3. The third kappa shape index (κ3) is 4.00. The average Bonchev–Trinajstić information content (AvgIpc) is 3.03. The van der Waals surface area contributed by atoms with E-state index in [1.165, 1.54) is 0 Å². The van der Waals surface area contributed by atoms with Gasteiger partial charge < -0.3 is 10.6 Å². The number of carbonyl (C=O) groups is 4. The highest BCUT2D eigenvalue weighted by molar-refractivity contribution is 6.06. The number of nitrogens with one attached hydrogen (secondary N) is 1. The van der Waals surface area contributed by atoms with E-state index >= 15 is 4.39 Å². The summed E-state index contributed by atoms with van der Waals surface area (Å²) in [5.74, 6) is -11.7. The summed E-state index contributed by atoms with van der Waals surface area (Å²) in [5.41, 5.74) is 2.01. The number of hydrogen-bond donors (Lipinski definition) is 2. The standard InChI is InChI=1S/C22H15F6N3O4/c23-11-4-1-8(7-12(11)24)16(22(26,27)28)18-15-9(2-3-10(17(15)25)19(29)33)21(35)31(18)13-5-6-14(32)30-20(13)34/h1-4,7,13,16,18H,5-6H2,(H2,29,33)(H,30,32,34)/t13?,16-,18?/m1/s1. The molecule has 3 atom stereocenters. The number of fused-ring (bicyclic) bond motifs is 1. The first-order valence-electron chi connectivity index (χ1n) is 10.1. The van der Waals surface area contributed by atoms with Gasteiger partial charge in [-0.15, -0.1) is 0 Å². The molecule has 0 bridgehead atoms. The highest BCUT2D eigenvalue weighted by atomic mass is 19.4. The van der Waals surface area contributed by atoms with Crippen LogP contribution in [-0.2, 0) is 9.59 Å². The van der Waals surface area contributed by atoms with Gasteiger partial charge in [-0.2, -0.15) is 13.2 Å². The molecule has 35 heavy (non-hydrogen) atoms. The van der Waals surface area contributed by atoms with Crippen LogP contribution in [0.3, 0.4) is 0 Å². The fourth-order valence-electron chi connectivity index (χ4n) is 4.53. The molecule has 0 spiro atoms. The highest BCUT2D eigenvalue weighted by Gasteiger charge is 2.57. The van der Waals surface area contributed by atoms with Gasteiger partial charge in [-0.05, 0) is 36.2 Å². The number of primary amides is 1. The molecule has 1 fully saturated rings. The van der Waals surface area contributed by atoms with Crippen LogP contribution in [0.4, 0.5) is 26.3 Å². The summed E-state index contributed by atoms with van der Waals surface area (Å²) >= 11 is 0. The summed E-state index contributed by atoms with van der Waals surface area (Å²) in [6.45, 7) is 0. The Balaban J connectivity index is 2.00. The second-order valence-electron chi connectivity index (χ2n) is 8.07. The second-order valence-corrected chi connectivity index (χ2v) is 8.07. The fraction of sp³-hybridized carbons (Fsp3) is 0.273. The Morgan fingerprint density at radius 1 is 1.06 bits per heavy atom. The maximum atomic E-state index is 15.4. The Hall–Kier alpha value is -3.90. The molecule has 13 heteroatoms. The van der Waals surface area contributed by atoms with Gasteiger partial charge in [0.2, 0.25) is 11.8 Å². The average molecular weight is 499 g/mol. The van der Waals surface area contributed by atoms with Crippen LogP contribution in [0.1, 0.15) is 56.6 Å². The van der Waals surface area contributed by atoms with E-state index in [1.54, 1.807) is 0 Å². The molecule has 2 unspecified atom stereocenters. The fourth-order valence-corrected chi connectivity index (χ4v) is 4.53. The molecule has 4 amide bonds. The predicted molar refractivity (Wildman–Crippen MR) is 105 cm³/mol. The van der Waals surface area contributed by atoms with Crippen molar-refractivity contribution in [3.8, 4) is 0 Å². The third-order valence-corrected chi connectivity index (χ3v) is 6.02. The maximum Gasteiger partial charge on any atom is 0.398 e. The van der Waals surface area contributed by atoms with Crippen LogP contribution in [-0.4, -0.2) is 40.7 Å². The molecule has 2 heterocycles. The SMILES string of the molecule is NC(=O)c1ccc2c(c1F)C([C@@H](c1ccc(F)c(F)c1)C(F)(F)F)N(C1CCC(=O)NC1=O)C2=O. The first kappa shape index (κ1) is 24.2. The number of imide groups is 1. The van der Waals surface area contributed by atoms with Crippen LogP contribution >= 0.6 is 0 Å². The van der Waals surface area contributed by atoms with Crippen molar-refractivity contribution < 1.29 is 45.5 Å². The van der Waals surface area contributed by atoms with E-state index < -0.39 is 87.5 Å². The van der Waals surface area contributed by atoms with Crippen molar-refractivity contribution >= 4 is 23.6 Å². The Bertz CT molecular complexity index is 1280. The van der Waals surface area contributed by atoms with Gasteiger partial charge in [0, 0.05) is 17.5 Å². The van der Waals surface area contributed by atoms with Gasteiger partial charge in [0.05, 0.1) is 11.6 Å². The zero-order valence-corrected chi connectivity index (χ0v) is 17.5. The Morgan fingerprint density at radius 3 is 2.31 bits per heavy atom. The number of nitrogens with two attached hydrogens (primary N) is 1. The molecule has 0 radical (unpaired) electrons. The van der Waals surface area contributed by atoms with Gasteiger partial charge in [-0.1, -0.05) is 6.07 Å². The number of benzene rings is 2. The van der Waals surface area contributed by atoms with Gasteiger partial charge in [0.25, 0.3) is 11.8 Å². The number of piperidine rings is 1. The molecule has 0 aliphatic carbocycles. The number of nitrogens with zero attached hydrogens (tertiary/aromatic N) is 1. The highest BCUT2D eigenvalue weighted by Crippen LogP contribution is 2.52. The van der Waals surface area contributed by atoms with E-state index in [4.69, 9.17) is 5.73 Å². The first-order valence-corrected chi connectivity index (χ1v) is 10.1. The van der Waals surface area contributed by atoms with E-state index in [0.717, 1.165) is 12.1 Å². The largest absolute Gasteiger partial charge is 0.398 e. The van der Waals surface area contributed by atoms with Crippen LogP contribution in [0.25, 0.3) is 0 Å². The van der Waals surface area contributed by atoms with Crippen molar-refractivity contribution in [2.75, 3.05) is 0 Å². The molecule has 1 saturated heterocycles. The van der Waals surface area contributed by atoms with Crippen molar-refractivity contribution in [1.29, 1.82) is 0 Å². The molecule has 184 valence electrons. The third-order valence-electron chi connectivity index (χ3n) is 6.02. The van der Waals surface area contributed by atoms with Crippen molar-refractivity contribution in [3.05, 3.63) is 70.0 Å². The van der Waals surface area contributed by atoms with E-state index in [1.807, 2.05) is 5.32 Å². The molecular formula is C22H15F6N3O4. The number of carbonyl (C=O) groups excluding carboxylic acids is 4. The minimum atomic E-state index is -5.27. The monoisotopic (exact) mass is 499 g/mol. The minimum absolute atomic E-state index is 0.258. The van der Waals surface area contributed by atoms with Crippen LogP contribution in [0, 0.1) is 17.5 Å². The van der Waals surface area contributed by atoms with Crippen LogP contribution in [0.2, 0.25) is 0 Å². The quantitative estimate of drug-likeness (QED) is 0.498. The lowest BCUT2D eigenvalue weighted by atomic mass is 9.84. The summed E-state index contributed by atoms with van der Waals surface area (Å²) in [4.78, 5) is 49.5. The summed E-state index contributed by atoms with van der Waals surface area (Å²) in [6.07, 6.45) is -5.96. The zero-order chi connectivity index (χ0) is 25.8. The zero-order valence-electron chi connectivity index (χ0n) is 17.5. The molecule has 4 rings (SSSR count). The Morgan fingerprint density at radius 2 is 1.74 bits per heavy atom. The smallest absolute Gasteiger partial charge is 0.366 e. The molecule has 2 aliphatic rings. The van der Waals surface area contributed by atoms with Crippen LogP contribution < -0.4 is 11.1 Å². The van der Waals surface area contributed by atoms with Crippen LogP contribution in [0.15, 0.2) is 30.3 Å². The number of halogens is 6. The van der Waals surface area contributed by atoms with Gasteiger partial charge >= 0.3 is 6.18 Å². The lowest BCUT2D eigenvalue weighted by Gasteiger charge is -2.39. The van der Waals surface area contributed by atoms with E-state index in [9.17, 15) is 41.1 Å². The van der Waals surface area contributed by atoms with E-state index in [2.05, 4.69) is 0 Å². The minimum Gasteiger partial charge on any atom is -0.366 e. The van der Waals surface area contributed by atoms with E-state index in [-0.39, 0.29) is 18.9 Å². The van der Waals surface area contributed by atoms with Gasteiger partial charge in [0.15, 0.2) is 11.6 Å². The molecular weight excluding hydrogens is 484 g/mol. The predicted octanol–water partition coefficient (Wildman–Crippen LogP) is 2.85. The second kappa shape index (κ2) is 8.40. The first-order chi connectivity index (χ1) is 16.3. The number of rotatable bonds is 4. The lowest BCUT2D eigenvalue weighted by Crippen LogP contribution is -2.54. The van der Waals surface area contributed by atoms with Gasteiger partial charge in [0.1, 0.15) is 17.8 Å². The topological polar surface area (TPSA) is 110 Å². The maximum absolute atomic E-state index is 15.4. The summed E-state index contributed by atoms with van der Waals surface area (Å²) in [5, 5.41) is 1.92. The Kier molecular flexibility index (Phi) is 5.81. The number of hydrogen-bond acceptors (Lipinski definition) is 4. The molecule has 2 aromatic rings. The molecule has 3 N–H and O–H groups in total. The van der Waals surface area contributed by atoms with Crippen molar-refractivity contribution in [2.45, 2.75) is 37.0 Å². The Labute approximate surface area is 192 Å². The molecule has 7 nitrogen and oxygen atoms in total. The molecule has 0 saturated carbocycles. The van der Waals surface area contributed by atoms with Crippen molar-refractivity contribution in [3.63, 3.8) is 0 Å². The summed E-state index contributed by atoms with van der Waals surface area (Å²) in [6, 6.07) is -0.882. The number of amides is 4. The molecule has 2 aromatic carbocycles. The molecule has 2 aliphatic heterocycles. The normalized spacial score (nSPS) is 21.1. The van der Waals surface area contributed by atoms with Crippen LogP contribution in [0.5, 0.6) is 0 Å². The molecule has 0 aromatic heterocycles. The lowest BCUT2D eigenvalue weighted by molar-refractivity contribution is -0.167. The van der Waals surface area contributed by atoms with Crippen molar-refractivity contribution in [1.82, 2.24) is 10.2 Å². The van der Waals surface area contributed by atoms with Crippen molar-refractivity contribution in [2.24, 2.45) is 5.73 Å². The van der Waals surface area contributed by atoms with E-state index in [0.29, 0.717) is 17.0 Å². The summed E-state index contributed by atoms with van der Waals surface area (Å²) < 4.78 is 86.3.